The van der Waals surface area contributed by atoms with Crippen molar-refractivity contribution in [3.63, 3.8) is 0 Å². The second-order valence-corrected chi connectivity index (χ2v) is 4.87. The fourth-order valence-electron chi connectivity index (χ4n) is 2.43. The molecule has 0 aromatic carbocycles. The van der Waals surface area contributed by atoms with Crippen LogP contribution in [-0.4, -0.2) is 53.0 Å². The first-order valence-corrected chi connectivity index (χ1v) is 6.52. The van der Waals surface area contributed by atoms with E-state index in [1.54, 1.807) is 12.3 Å². The minimum Gasteiger partial charge on any atom is -0.480 e. The molecule has 6 heteroatoms. The van der Waals surface area contributed by atoms with Gasteiger partial charge in [-0.1, -0.05) is 0 Å². The molecule has 0 aliphatic carbocycles. The lowest BCUT2D eigenvalue weighted by Crippen LogP contribution is -2.43. The summed E-state index contributed by atoms with van der Waals surface area (Å²) in [6.07, 6.45) is 3.73. The van der Waals surface area contributed by atoms with Crippen LogP contribution < -0.4 is 5.32 Å². The maximum Gasteiger partial charge on any atom is 0.317 e. The first kappa shape index (κ1) is 13.6. The van der Waals surface area contributed by atoms with Crippen molar-refractivity contribution in [2.45, 2.75) is 12.8 Å². The molecule has 1 saturated heterocycles. The smallest absolute Gasteiger partial charge is 0.317 e. The van der Waals surface area contributed by atoms with E-state index in [2.05, 4.69) is 10.3 Å². The molecule has 0 bridgehead atoms. The van der Waals surface area contributed by atoms with Crippen molar-refractivity contribution in [3.8, 4) is 0 Å². The molecule has 0 radical (unpaired) electrons. The van der Waals surface area contributed by atoms with Gasteiger partial charge in [0.15, 0.2) is 0 Å². The molecule has 3 N–H and O–H groups in total. The number of hydrogen-bond acceptors (Lipinski definition) is 3. The Morgan fingerprint density at radius 3 is 3.05 bits per heavy atom. The van der Waals surface area contributed by atoms with Crippen molar-refractivity contribution in [1.29, 1.82) is 0 Å². The highest BCUT2D eigenvalue weighted by atomic mass is 16.4. The van der Waals surface area contributed by atoms with Gasteiger partial charge < -0.3 is 20.3 Å². The van der Waals surface area contributed by atoms with Gasteiger partial charge in [-0.25, -0.2) is 0 Å². The molecule has 1 aliphatic rings. The van der Waals surface area contributed by atoms with Crippen LogP contribution in [0.5, 0.6) is 0 Å². The van der Waals surface area contributed by atoms with Crippen LogP contribution in [0.25, 0.3) is 0 Å². The van der Waals surface area contributed by atoms with Crippen molar-refractivity contribution in [2.24, 2.45) is 5.92 Å². The lowest BCUT2D eigenvalue weighted by Gasteiger charge is -2.32. The summed E-state index contributed by atoms with van der Waals surface area (Å²) in [6.45, 7) is 2.07. The van der Waals surface area contributed by atoms with Gasteiger partial charge in [-0.15, -0.1) is 0 Å². The molecule has 1 aromatic heterocycles. The standard InChI is InChI=1S/C13H19N3O3/c17-12(18)8-14-7-10-3-2-6-16(9-10)13(19)11-4-1-5-15-11/h1,4-5,10,14-15H,2-3,6-9H2,(H,17,18). The van der Waals surface area contributed by atoms with Crippen LogP contribution in [0, 0.1) is 5.92 Å². The van der Waals surface area contributed by atoms with E-state index in [0.29, 0.717) is 24.7 Å². The number of piperidine rings is 1. The molecule has 104 valence electrons. The highest BCUT2D eigenvalue weighted by molar-refractivity contribution is 5.92. The largest absolute Gasteiger partial charge is 0.480 e. The fourth-order valence-corrected chi connectivity index (χ4v) is 2.43. The first-order chi connectivity index (χ1) is 9.16. The predicted octanol–water partition coefficient (Wildman–Crippen LogP) is 0.541. The van der Waals surface area contributed by atoms with Crippen molar-refractivity contribution in [2.75, 3.05) is 26.2 Å². The highest BCUT2D eigenvalue weighted by Gasteiger charge is 2.24. The van der Waals surface area contributed by atoms with Gasteiger partial charge in [0.05, 0.1) is 6.54 Å². The Morgan fingerprint density at radius 2 is 2.37 bits per heavy atom. The number of hydrogen-bond donors (Lipinski definition) is 3. The Kier molecular flexibility index (Phi) is 4.57. The molecular weight excluding hydrogens is 246 g/mol. The van der Waals surface area contributed by atoms with Crippen molar-refractivity contribution < 1.29 is 14.7 Å². The normalized spacial score (nSPS) is 19.4. The Balaban J connectivity index is 1.83. The lowest BCUT2D eigenvalue weighted by molar-refractivity contribution is -0.136. The molecule has 1 aromatic rings. The summed E-state index contributed by atoms with van der Waals surface area (Å²) in [5, 5.41) is 11.5. The van der Waals surface area contributed by atoms with E-state index in [-0.39, 0.29) is 12.5 Å². The van der Waals surface area contributed by atoms with Gasteiger partial charge in [0, 0.05) is 25.8 Å². The van der Waals surface area contributed by atoms with E-state index >= 15 is 0 Å². The molecule has 6 nitrogen and oxygen atoms in total. The third-order valence-electron chi connectivity index (χ3n) is 3.34. The summed E-state index contributed by atoms with van der Waals surface area (Å²) < 4.78 is 0. The summed E-state index contributed by atoms with van der Waals surface area (Å²) in [5.74, 6) is -0.505. The molecule has 0 spiro atoms. The topological polar surface area (TPSA) is 85.4 Å². The van der Waals surface area contributed by atoms with E-state index in [0.717, 1.165) is 19.4 Å². The Labute approximate surface area is 111 Å². The van der Waals surface area contributed by atoms with Gasteiger partial charge in [-0.05, 0) is 30.9 Å². The second-order valence-electron chi connectivity index (χ2n) is 4.87. The number of carboxylic acid groups (broad SMARTS) is 1. The SMILES string of the molecule is O=C(O)CNCC1CCCN(C(=O)c2ccc[nH]2)C1. The van der Waals surface area contributed by atoms with Gasteiger partial charge in [0.25, 0.3) is 5.91 Å². The fraction of sp³-hybridized carbons (Fsp3) is 0.538. The maximum atomic E-state index is 12.2. The number of aliphatic carboxylic acids is 1. The zero-order valence-corrected chi connectivity index (χ0v) is 10.8. The number of aromatic nitrogens is 1. The number of H-pyrrole nitrogens is 1. The maximum absolute atomic E-state index is 12.2. The van der Waals surface area contributed by atoms with Crippen LogP contribution in [0.2, 0.25) is 0 Å². The van der Waals surface area contributed by atoms with Crippen molar-refractivity contribution in [1.82, 2.24) is 15.2 Å². The van der Waals surface area contributed by atoms with Crippen LogP contribution in [0.1, 0.15) is 23.3 Å². The van der Waals surface area contributed by atoms with Crippen LogP contribution in [0.4, 0.5) is 0 Å². The quantitative estimate of drug-likeness (QED) is 0.725. The van der Waals surface area contributed by atoms with Crippen LogP contribution in [0.3, 0.4) is 0 Å². The Bertz CT molecular complexity index is 430. The molecule has 2 rings (SSSR count). The number of carboxylic acids is 1. The van der Waals surface area contributed by atoms with Gasteiger partial charge in [0.2, 0.25) is 0 Å². The zero-order chi connectivity index (χ0) is 13.7. The number of carbonyl (C=O) groups excluding carboxylic acids is 1. The zero-order valence-electron chi connectivity index (χ0n) is 10.8. The lowest BCUT2D eigenvalue weighted by atomic mass is 9.97. The van der Waals surface area contributed by atoms with Crippen molar-refractivity contribution in [3.05, 3.63) is 24.0 Å². The van der Waals surface area contributed by atoms with Gasteiger partial charge in [-0.3, -0.25) is 9.59 Å². The minimum absolute atomic E-state index is 0.0212. The Hall–Kier alpha value is -1.82. The monoisotopic (exact) mass is 265 g/mol. The molecule has 2 heterocycles. The molecule has 1 amide bonds. The second kappa shape index (κ2) is 6.38. The number of likely N-dealkylation sites (tertiary alicyclic amines) is 1. The molecule has 19 heavy (non-hydrogen) atoms. The van der Waals surface area contributed by atoms with E-state index in [4.69, 9.17) is 5.11 Å². The van der Waals surface area contributed by atoms with E-state index in [1.807, 2.05) is 11.0 Å². The van der Waals surface area contributed by atoms with Gasteiger partial charge in [-0.2, -0.15) is 0 Å². The number of nitrogens with one attached hydrogen (secondary N) is 2. The summed E-state index contributed by atoms with van der Waals surface area (Å²) >= 11 is 0. The third kappa shape index (κ3) is 3.82. The minimum atomic E-state index is -0.852. The van der Waals surface area contributed by atoms with Gasteiger partial charge >= 0.3 is 5.97 Å². The predicted molar refractivity (Wildman–Crippen MR) is 69.9 cm³/mol. The Morgan fingerprint density at radius 1 is 1.53 bits per heavy atom. The van der Waals surface area contributed by atoms with E-state index in [9.17, 15) is 9.59 Å². The molecular formula is C13H19N3O3. The van der Waals surface area contributed by atoms with Crippen molar-refractivity contribution >= 4 is 11.9 Å². The van der Waals surface area contributed by atoms with E-state index < -0.39 is 5.97 Å². The molecule has 1 atom stereocenters. The van der Waals surface area contributed by atoms with E-state index in [1.165, 1.54) is 0 Å². The summed E-state index contributed by atoms with van der Waals surface area (Å²) in [6, 6.07) is 3.58. The third-order valence-corrected chi connectivity index (χ3v) is 3.34. The van der Waals surface area contributed by atoms with Crippen LogP contribution >= 0.6 is 0 Å². The molecule has 1 fully saturated rings. The molecule has 0 saturated carbocycles. The number of aromatic amines is 1. The van der Waals surface area contributed by atoms with Crippen LogP contribution in [-0.2, 0) is 4.79 Å². The van der Waals surface area contributed by atoms with Gasteiger partial charge in [0.1, 0.15) is 5.69 Å². The number of amides is 1. The van der Waals surface area contributed by atoms with Crippen LogP contribution in [0.15, 0.2) is 18.3 Å². The average Bonchev–Trinajstić information content (AvgIpc) is 2.91. The summed E-state index contributed by atoms with van der Waals surface area (Å²) in [7, 11) is 0. The number of carbonyl (C=O) groups is 2. The average molecular weight is 265 g/mol. The summed E-state index contributed by atoms with van der Waals surface area (Å²) in [4.78, 5) is 27.4. The highest BCUT2D eigenvalue weighted by Crippen LogP contribution is 2.17. The number of rotatable bonds is 5. The molecule has 1 unspecified atom stereocenters. The first-order valence-electron chi connectivity index (χ1n) is 6.52. The molecule has 1 aliphatic heterocycles. The number of nitrogens with zero attached hydrogens (tertiary/aromatic N) is 1. The summed E-state index contributed by atoms with van der Waals surface area (Å²) in [5.41, 5.74) is 0.610.